The van der Waals surface area contributed by atoms with E-state index in [1.54, 1.807) is 24.3 Å². The Bertz CT molecular complexity index is 1840. The number of anilines is 2. The number of fused-ring (bicyclic) bond motifs is 1. The second-order valence-electron chi connectivity index (χ2n) is 11.0. The second-order valence-corrected chi connectivity index (χ2v) is 12.0. The molecule has 0 radical (unpaired) electrons. The molecule has 0 unspecified atom stereocenters. The van der Waals surface area contributed by atoms with E-state index in [1.165, 1.54) is 23.3 Å². The number of hydrogen-bond donors (Lipinski definition) is 1. The van der Waals surface area contributed by atoms with Crippen LogP contribution in [0.2, 0.25) is 0 Å². The number of carbonyl (C=O) groups excluding carboxylic acids is 1. The van der Waals surface area contributed by atoms with E-state index in [2.05, 4.69) is 32.3 Å². The summed E-state index contributed by atoms with van der Waals surface area (Å²) >= 11 is 1.16. The van der Waals surface area contributed by atoms with Gasteiger partial charge in [-0.2, -0.15) is 18.3 Å². The van der Waals surface area contributed by atoms with Gasteiger partial charge >= 0.3 is 6.18 Å². The Labute approximate surface area is 255 Å². The maximum Gasteiger partial charge on any atom is 0.435 e. The zero-order valence-electron chi connectivity index (χ0n) is 23.6. The summed E-state index contributed by atoms with van der Waals surface area (Å²) in [5, 5.41) is 12.6. The molecule has 44 heavy (non-hydrogen) atoms. The van der Waals surface area contributed by atoms with Crippen LogP contribution in [0.3, 0.4) is 0 Å². The van der Waals surface area contributed by atoms with Gasteiger partial charge in [-0.25, -0.2) is 4.68 Å². The first kappa shape index (κ1) is 28.2. The summed E-state index contributed by atoms with van der Waals surface area (Å²) in [6.07, 6.45) is -2.26. The molecule has 1 fully saturated rings. The molecule has 1 amide bonds. The Balaban J connectivity index is 1.22. The summed E-state index contributed by atoms with van der Waals surface area (Å²) < 4.78 is 43.5. The van der Waals surface area contributed by atoms with Gasteiger partial charge in [-0.05, 0) is 73.3 Å². The first-order valence-corrected chi connectivity index (χ1v) is 15.2. The highest BCUT2D eigenvalue weighted by molar-refractivity contribution is 7.18. The molecule has 2 aliphatic heterocycles. The lowest BCUT2D eigenvalue weighted by Crippen LogP contribution is -2.39. The van der Waals surface area contributed by atoms with Crippen molar-refractivity contribution in [2.24, 2.45) is 0 Å². The molecule has 3 aromatic carbocycles. The summed E-state index contributed by atoms with van der Waals surface area (Å²) in [4.78, 5) is 17.9. The average molecular weight is 616 g/mol. The number of halogens is 3. The van der Waals surface area contributed by atoms with Crippen LogP contribution in [0.1, 0.15) is 40.2 Å². The zero-order valence-corrected chi connectivity index (χ0v) is 24.4. The molecule has 4 heterocycles. The van der Waals surface area contributed by atoms with Crippen LogP contribution in [-0.4, -0.2) is 50.4 Å². The van der Waals surface area contributed by atoms with Crippen LogP contribution in [0, 0.1) is 0 Å². The fourth-order valence-corrected chi connectivity index (χ4v) is 6.69. The van der Waals surface area contributed by atoms with E-state index in [-0.39, 0.29) is 29.4 Å². The Morgan fingerprint density at radius 3 is 2.36 bits per heavy atom. The van der Waals surface area contributed by atoms with Crippen molar-refractivity contribution < 1.29 is 18.0 Å². The number of amides is 1. The van der Waals surface area contributed by atoms with Crippen LogP contribution >= 0.6 is 11.3 Å². The molecule has 224 valence electrons. The van der Waals surface area contributed by atoms with E-state index < -0.39 is 17.8 Å². The predicted octanol–water partition coefficient (Wildman–Crippen LogP) is 6.46. The third-order valence-corrected chi connectivity index (χ3v) is 8.96. The van der Waals surface area contributed by atoms with Gasteiger partial charge in [0.15, 0.2) is 5.69 Å². The molecule has 5 aromatic rings. The van der Waals surface area contributed by atoms with Gasteiger partial charge in [-0.3, -0.25) is 9.69 Å². The largest absolute Gasteiger partial charge is 0.435 e. The maximum atomic E-state index is 14.1. The number of alkyl halides is 3. The number of likely N-dealkylation sites (tertiary alicyclic amines) is 1. The Morgan fingerprint density at radius 2 is 1.64 bits per heavy atom. The maximum absolute atomic E-state index is 14.1. The standard InChI is InChI=1S/C32H28F3N7OS/c33-32(34,35)28-26-14-17-41(23-12-10-20(11-13-23)25-9-2-1-6-22(25)19-40-15-3-4-16-40)30(43)27(26)42(39-28)24-8-5-7-21(18-24)29-37-38-31(36)44-29/h1-2,5-13,18H,3-4,14-17,19H2,(H2,36,38). The summed E-state index contributed by atoms with van der Waals surface area (Å²) in [6, 6.07) is 22.6. The Kier molecular flexibility index (Phi) is 7.17. The van der Waals surface area contributed by atoms with Gasteiger partial charge in [-0.1, -0.05) is 59.9 Å². The minimum atomic E-state index is -4.72. The lowest BCUT2D eigenvalue weighted by Gasteiger charge is -2.28. The summed E-state index contributed by atoms with van der Waals surface area (Å²) in [6.45, 7) is 3.18. The molecule has 12 heteroatoms. The zero-order chi connectivity index (χ0) is 30.4. The number of nitrogens with zero attached hydrogens (tertiary/aromatic N) is 6. The summed E-state index contributed by atoms with van der Waals surface area (Å²) in [5.41, 5.74) is 9.40. The minimum Gasteiger partial charge on any atom is -0.374 e. The number of rotatable bonds is 6. The highest BCUT2D eigenvalue weighted by Crippen LogP contribution is 2.38. The van der Waals surface area contributed by atoms with Gasteiger partial charge in [0.05, 0.1) is 5.69 Å². The smallest absolute Gasteiger partial charge is 0.374 e. The van der Waals surface area contributed by atoms with Crippen molar-refractivity contribution in [2.75, 3.05) is 30.3 Å². The number of hydrogen-bond acceptors (Lipinski definition) is 7. The highest BCUT2D eigenvalue weighted by Gasteiger charge is 2.43. The molecule has 0 atom stereocenters. The van der Waals surface area contributed by atoms with Crippen molar-refractivity contribution in [2.45, 2.75) is 32.0 Å². The van der Waals surface area contributed by atoms with Crippen molar-refractivity contribution in [3.8, 4) is 27.4 Å². The van der Waals surface area contributed by atoms with Crippen LogP contribution in [0.15, 0.2) is 72.8 Å². The number of nitrogens with two attached hydrogens (primary N) is 1. The molecular weight excluding hydrogens is 587 g/mol. The molecule has 0 aliphatic carbocycles. The average Bonchev–Trinajstić information content (AvgIpc) is 3.78. The molecule has 2 aliphatic rings. The summed E-state index contributed by atoms with van der Waals surface area (Å²) in [5.74, 6) is -0.540. The number of benzene rings is 3. The number of carbonyl (C=O) groups is 1. The monoisotopic (exact) mass is 615 g/mol. The van der Waals surface area contributed by atoms with Crippen molar-refractivity contribution >= 4 is 28.1 Å². The molecule has 1 saturated heterocycles. The van der Waals surface area contributed by atoms with E-state index in [1.807, 2.05) is 36.4 Å². The van der Waals surface area contributed by atoms with E-state index in [0.717, 1.165) is 46.8 Å². The van der Waals surface area contributed by atoms with Gasteiger partial charge in [0, 0.05) is 29.9 Å². The van der Waals surface area contributed by atoms with Gasteiger partial charge in [0.2, 0.25) is 5.13 Å². The van der Waals surface area contributed by atoms with Gasteiger partial charge in [0.25, 0.3) is 5.91 Å². The lowest BCUT2D eigenvalue weighted by atomic mass is 9.98. The topological polar surface area (TPSA) is 93.2 Å². The van der Waals surface area contributed by atoms with Crippen LogP contribution in [-0.2, 0) is 19.1 Å². The van der Waals surface area contributed by atoms with E-state index in [0.29, 0.717) is 21.9 Å². The first-order chi connectivity index (χ1) is 21.3. The third-order valence-electron chi connectivity index (χ3n) is 8.16. The van der Waals surface area contributed by atoms with Crippen molar-refractivity contribution in [1.82, 2.24) is 24.9 Å². The lowest BCUT2D eigenvalue weighted by molar-refractivity contribution is -0.141. The highest BCUT2D eigenvalue weighted by atomic mass is 32.1. The van der Waals surface area contributed by atoms with Crippen LogP contribution < -0.4 is 10.6 Å². The van der Waals surface area contributed by atoms with Gasteiger partial charge in [-0.15, -0.1) is 10.2 Å². The van der Waals surface area contributed by atoms with Gasteiger partial charge in [0.1, 0.15) is 10.7 Å². The SMILES string of the molecule is Nc1nnc(-c2cccc(-n3nc(C(F)(F)F)c4c3C(=O)N(c3ccc(-c5ccccc5CN5CCCC5)cc3)CC4)c2)s1. The van der Waals surface area contributed by atoms with Crippen molar-refractivity contribution in [1.29, 1.82) is 0 Å². The number of aromatic nitrogens is 4. The Morgan fingerprint density at radius 1 is 0.864 bits per heavy atom. The van der Waals surface area contributed by atoms with Crippen LogP contribution in [0.4, 0.5) is 24.0 Å². The minimum absolute atomic E-state index is 0.0168. The molecule has 7 rings (SSSR count). The molecule has 0 spiro atoms. The predicted molar refractivity (Wildman–Crippen MR) is 164 cm³/mol. The van der Waals surface area contributed by atoms with Crippen LogP contribution in [0.25, 0.3) is 27.4 Å². The second kappa shape index (κ2) is 11.2. The molecule has 0 bridgehead atoms. The van der Waals surface area contributed by atoms with E-state index >= 15 is 0 Å². The van der Waals surface area contributed by atoms with Crippen molar-refractivity contribution in [3.63, 3.8) is 0 Å². The van der Waals surface area contributed by atoms with Gasteiger partial charge < -0.3 is 10.6 Å². The molecule has 2 N–H and O–H groups in total. The van der Waals surface area contributed by atoms with E-state index in [4.69, 9.17) is 5.73 Å². The first-order valence-electron chi connectivity index (χ1n) is 14.4. The van der Waals surface area contributed by atoms with Crippen LogP contribution in [0.5, 0.6) is 0 Å². The molecule has 0 saturated carbocycles. The number of nitrogen functional groups attached to an aromatic ring is 1. The summed E-state index contributed by atoms with van der Waals surface area (Å²) in [7, 11) is 0. The Hall–Kier alpha value is -4.55. The third kappa shape index (κ3) is 5.24. The fourth-order valence-electron chi connectivity index (χ4n) is 6.09. The normalized spacial score (nSPS) is 15.6. The molecule has 8 nitrogen and oxygen atoms in total. The van der Waals surface area contributed by atoms with E-state index in [9.17, 15) is 18.0 Å². The fraction of sp³-hybridized carbons (Fsp3) is 0.250. The quantitative estimate of drug-likeness (QED) is 0.236. The molecule has 2 aromatic heterocycles. The van der Waals surface area contributed by atoms with Crippen molar-refractivity contribution in [3.05, 3.63) is 95.3 Å². The molecular formula is C32H28F3N7OS.